The lowest BCUT2D eigenvalue weighted by atomic mass is 9.73. The quantitative estimate of drug-likeness (QED) is 0.272. The Kier molecular flexibility index (Phi) is 10.4. The van der Waals surface area contributed by atoms with E-state index >= 15 is 0 Å². The Balaban J connectivity index is 1.25. The average Bonchev–Trinajstić information content (AvgIpc) is 3.02. The minimum absolute atomic E-state index is 0.00243. The van der Waals surface area contributed by atoms with E-state index in [4.69, 9.17) is 9.47 Å². The Labute approximate surface area is 255 Å². The maximum absolute atomic E-state index is 14.0. The number of aliphatic hydroxyl groups excluding tert-OH is 1. The van der Waals surface area contributed by atoms with Crippen molar-refractivity contribution in [3.8, 4) is 5.75 Å². The first-order chi connectivity index (χ1) is 21.2. The van der Waals surface area contributed by atoms with Gasteiger partial charge in [0.05, 0.1) is 37.4 Å². The fraction of sp³-hybridized carbons (Fsp3) is 0.515. The summed E-state index contributed by atoms with van der Waals surface area (Å²) in [6, 6.07) is 7.11. The zero-order valence-corrected chi connectivity index (χ0v) is 25.0. The lowest BCUT2D eigenvalue weighted by Gasteiger charge is -2.39. The summed E-state index contributed by atoms with van der Waals surface area (Å²) in [5, 5.41) is 22.8. The van der Waals surface area contributed by atoms with Crippen LogP contribution < -0.4 is 4.74 Å². The van der Waals surface area contributed by atoms with Crippen molar-refractivity contribution >= 4 is 16.9 Å². The molecule has 44 heavy (non-hydrogen) atoms. The minimum Gasteiger partial charge on any atom is -0.497 e. The number of benzene rings is 2. The molecule has 2 saturated heterocycles. The van der Waals surface area contributed by atoms with Crippen LogP contribution in [0.5, 0.6) is 5.75 Å². The van der Waals surface area contributed by atoms with Crippen molar-refractivity contribution in [3.63, 3.8) is 0 Å². The molecule has 3 aromatic rings. The molecule has 1 atom stereocenters. The molecule has 8 nitrogen and oxygen atoms in total. The van der Waals surface area contributed by atoms with Gasteiger partial charge in [-0.3, -0.25) is 14.7 Å². The molecule has 0 aliphatic carbocycles. The molecule has 2 N–H and O–H groups in total. The van der Waals surface area contributed by atoms with Gasteiger partial charge in [0.2, 0.25) is 0 Å². The molecule has 0 bridgehead atoms. The molecule has 11 heteroatoms. The normalized spacial score (nSPS) is 18.4. The average molecular weight is 616 g/mol. The number of carbonyl (C=O) groups is 1. The Morgan fingerprint density at radius 1 is 1.07 bits per heavy atom. The van der Waals surface area contributed by atoms with Crippen LogP contribution in [0.3, 0.4) is 0 Å². The molecule has 2 aliphatic heterocycles. The number of nitrogens with zero attached hydrogens (tertiary/aromatic N) is 3. The van der Waals surface area contributed by atoms with E-state index < -0.39 is 34.9 Å². The number of fused-ring (bicyclic) bond motifs is 1. The molecule has 0 spiro atoms. The first-order valence-corrected chi connectivity index (χ1v) is 15.2. The van der Waals surface area contributed by atoms with Gasteiger partial charge in [-0.2, -0.15) is 0 Å². The number of piperidine rings is 1. The number of carboxylic acid groups (broad SMARTS) is 1. The van der Waals surface area contributed by atoms with Gasteiger partial charge < -0.3 is 24.6 Å². The number of rotatable bonds is 12. The summed E-state index contributed by atoms with van der Waals surface area (Å²) >= 11 is 0. The first-order valence-electron chi connectivity index (χ1n) is 15.2. The van der Waals surface area contributed by atoms with Gasteiger partial charge in [0.1, 0.15) is 11.6 Å². The van der Waals surface area contributed by atoms with Crippen molar-refractivity contribution in [2.75, 3.05) is 53.0 Å². The number of morpholine rings is 1. The number of ether oxygens (including phenoxy) is 2. The Morgan fingerprint density at radius 3 is 2.52 bits per heavy atom. The molecule has 0 saturated carbocycles. The summed E-state index contributed by atoms with van der Waals surface area (Å²) in [4.78, 5) is 21.6. The molecule has 1 unspecified atom stereocenters. The van der Waals surface area contributed by atoms with E-state index in [0.29, 0.717) is 76.9 Å². The number of aliphatic hydroxyl groups is 1. The SMILES string of the molecule is COc1ccc2ncc(CN3CCOCC3)c(C(O)CCC3(C(=O)O)CCN(CCCc4cc(F)cc(F)c4F)CC3)c2c1. The van der Waals surface area contributed by atoms with Crippen molar-refractivity contribution in [1.82, 2.24) is 14.8 Å². The van der Waals surface area contributed by atoms with Gasteiger partial charge in [-0.15, -0.1) is 0 Å². The highest BCUT2D eigenvalue weighted by Gasteiger charge is 2.41. The zero-order chi connectivity index (χ0) is 31.3. The van der Waals surface area contributed by atoms with Crippen LogP contribution >= 0.6 is 0 Å². The predicted octanol–water partition coefficient (Wildman–Crippen LogP) is 5.11. The summed E-state index contributed by atoms with van der Waals surface area (Å²) < 4.78 is 52.0. The zero-order valence-electron chi connectivity index (χ0n) is 25.0. The van der Waals surface area contributed by atoms with E-state index in [9.17, 15) is 28.2 Å². The third kappa shape index (κ3) is 7.34. The highest BCUT2D eigenvalue weighted by Crippen LogP contribution is 2.40. The summed E-state index contributed by atoms with van der Waals surface area (Å²) in [5.74, 6) is -3.26. The van der Waals surface area contributed by atoms with Crippen molar-refractivity contribution in [2.45, 2.75) is 51.2 Å². The standard InChI is InChI=1S/C33H40F3N3O5/c1-43-25-4-5-28-26(19-25)30(23(20-37-28)21-39-13-15-44-16-14-39)29(40)6-7-33(32(41)42)8-11-38(12-9-33)10-2-3-22-17-24(34)18-27(35)31(22)36/h4-5,17-20,29,40H,2-3,6-16,21H2,1H3,(H,41,42). The summed E-state index contributed by atoms with van der Waals surface area (Å²) in [5.41, 5.74) is 1.39. The number of aliphatic carboxylic acids is 1. The van der Waals surface area contributed by atoms with E-state index in [0.717, 1.165) is 41.2 Å². The third-order valence-electron chi connectivity index (χ3n) is 9.18. The van der Waals surface area contributed by atoms with Crippen LogP contribution in [0.1, 0.15) is 54.9 Å². The Bertz CT molecular complexity index is 1460. The van der Waals surface area contributed by atoms with Crippen LogP contribution in [0.15, 0.2) is 36.5 Å². The number of methoxy groups -OCH3 is 1. The van der Waals surface area contributed by atoms with Crippen LogP contribution in [0.4, 0.5) is 13.2 Å². The number of hydrogen-bond acceptors (Lipinski definition) is 7. The summed E-state index contributed by atoms with van der Waals surface area (Å²) in [6.45, 7) is 5.06. The van der Waals surface area contributed by atoms with E-state index in [-0.39, 0.29) is 18.4 Å². The number of pyridine rings is 1. The van der Waals surface area contributed by atoms with Gasteiger partial charge in [-0.05, 0) is 99.1 Å². The second-order valence-electron chi connectivity index (χ2n) is 11.9. The topological polar surface area (TPSA) is 95.4 Å². The molecule has 0 radical (unpaired) electrons. The van der Waals surface area contributed by atoms with E-state index in [1.54, 1.807) is 13.3 Å². The van der Waals surface area contributed by atoms with Gasteiger partial charge in [0.25, 0.3) is 0 Å². The minimum atomic E-state index is -1.20. The van der Waals surface area contributed by atoms with Gasteiger partial charge in [-0.1, -0.05) is 0 Å². The number of hydrogen-bond donors (Lipinski definition) is 2. The van der Waals surface area contributed by atoms with Crippen LogP contribution in [-0.2, 0) is 22.5 Å². The van der Waals surface area contributed by atoms with Crippen molar-refractivity contribution in [3.05, 3.63) is 70.7 Å². The Hall–Kier alpha value is -3.25. The number of aryl methyl sites for hydroxylation is 1. The second-order valence-corrected chi connectivity index (χ2v) is 11.9. The molecule has 2 aliphatic rings. The van der Waals surface area contributed by atoms with Crippen LogP contribution in [-0.4, -0.2) is 84.0 Å². The molecule has 3 heterocycles. The van der Waals surface area contributed by atoms with Gasteiger partial charge in [-0.25, -0.2) is 13.2 Å². The number of likely N-dealkylation sites (tertiary alicyclic amines) is 1. The van der Waals surface area contributed by atoms with Crippen LogP contribution in [0, 0.1) is 22.9 Å². The summed E-state index contributed by atoms with van der Waals surface area (Å²) in [6.07, 6.45) is 2.96. The number of aromatic nitrogens is 1. The molecule has 5 rings (SSSR count). The third-order valence-corrected chi connectivity index (χ3v) is 9.18. The molecule has 238 valence electrons. The van der Waals surface area contributed by atoms with Crippen LogP contribution in [0.25, 0.3) is 10.9 Å². The van der Waals surface area contributed by atoms with E-state index in [1.165, 1.54) is 0 Å². The molecular formula is C33H40F3N3O5. The van der Waals surface area contributed by atoms with Gasteiger partial charge >= 0.3 is 5.97 Å². The second kappa shape index (κ2) is 14.2. The van der Waals surface area contributed by atoms with Crippen LogP contribution in [0.2, 0.25) is 0 Å². The molecule has 2 fully saturated rings. The van der Waals surface area contributed by atoms with Crippen molar-refractivity contribution in [2.24, 2.45) is 5.41 Å². The van der Waals surface area contributed by atoms with E-state index in [2.05, 4.69) is 14.8 Å². The maximum atomic E-state index is 14.0. The fourth-order valence-electron chi connectivity index (χ4n) is 6.50. The first kappa shape index (κ1) is 32.2. The number of halogens is 3. The molecule has 0 amide bonds. The molecular weight excluding hydrogens is 575 g/mol. The van der Waals surface area contributed by atoms with Crippen molar-refractivity contribution < 1.29 is 37.7 Å². The fourth-order valence-corrected chi connectivity index (χ4v) is 6.50. The van der Waals surface area contributed by atoms with Gasteiger partial charge in [0, 0.05) is 37.3 Å². The molecule has 2 aromatic carbocycles. The summed E-state index contributed by atoms with van der Waals surface area (Å²) in [7, 11) is 1.59. The highest BCUT2D eigenvalue weighted by atomic mass is 19.2. The number of carboxylic acids is 1. The lowest BCUT2D eigenvalue weighted by molar-refractivity contribution is -0.153. The van der Waals surface area contributed by atoms with E-state index in [1.807, 2.05) is 18.2 Å². The van der Waals surface area contributed by atoms with Gasteiger partial charge in [0.15, 0.2) is 11.6 Å². The molecule has 1 aromatic heterocycles. The Morgan fingerprint density at radius 2 is 1.82 bits per heavy atom. The predicted molar refractivity (Wildman–Crippen MR) is 159 cm³/mol. The van der Waals surface area contributed by atoms with Crippen molar-refractivity contribution in [1.29, 1.82) is 0 Å². The highest BCUT2D eigenvalue weighted by molar-refractivity contribution is 5.85. The monoisotopic (exact) mass is 615 g/mol. The lowest BCUT2D eigenvalue weighted by Crippen LogP contribution is -2.45. The largest absolute Gasteiger partial charge is 0.497 e. The smallest absolute Gasteiger partial charge is 0.309 e. The maximum Gasteiger partial charge on any atom is 0.309 e.